The summed E-state index contributed by atoms with van der Waals surface area (Å²) < 4.78 is 77.9. The fourth-order valence-electron chi connectivity index (χ4n) is 3.59. The lowest BCUT2D eigenvalue weighted by atomic mass is 9.96. The summed E-state index contributed by atoms with van der Waals surface area (Å²) in [7, 11) is 0. The third-order valence-corrected chi connectivity index (χ3v) is 5.37. The van der Waals surface area contributed by atoms with Gasteiger partial charge in [-0.25, -0.2) is 5.43 Å². The predicted octanol–water partition coefficient (Wildman–Crippen LogP) is 4.02. The molecule has 0 atom stereocenters. The molecular formula is C21H30F6N4O2. The molecule has 188 valence electrons. The van der Waals surface area contributed by atoms with Crippen LogP contribution in [0.2, 0.25) is 0 Å². The minimum atomic E-state index is -5.00. The van der Waals surface area contributed by atoms with E-state index in [1.165, 1.54) is 0 Å². The van der Waals surface area contributed by atoms with Gasteiger partial charge in [0.2, 0.25) is 0 Å². The van der Waals surface area contributed by atoms with Crippen molar-refractivity contribution in [3.63, 3.8) is 0 Å². The fourth-order valence-corrected chi connectivity index (χ4v) is 3.59. The van der Waals surface area contributed by atoms with Crippen molar-refractivity contribution >= 4 is 5.91 Å². The van der Waals surface area contributed by atoms with Gasteiger partial charge in [0.15, 0.2) is 0 Å². The van der Waals surface area contributed by atoms with Gasteiger partial charge < -0.3 is 10.2 Å². The van der Waals surface area contributed by atoms with Crippen LogP contribution < -0.4 is 10.7 Å². The van der Waals surface area contributed by atoms with Crippen LogP contribution >= 0.6 is 0 Å². The Bertz CT molecular complexity index is 745. The van der Waals surface area contributed by atoms with Crippen LogP contribution in [0.1, 0.15) is 48.2 Å². The molecule has 1 aromatic rings. The first kappa shape index (κ1) is 27.4. The second kappa shape index (κ2) is 11.5. The van der Waals surface area contributed by atoms with Gasteiger partial charge in [0.25, 0.3) is 5.91 Å². The number of piperidine rings is 1. The molecule has 0 radical (unpaired) electrons. The van der Waals surface area contributed by atoms with Crippen LogP contribution in [0.25, 0.3) is 0 Å². The monoisotopic (exact) mass is 484 g/mol. The number of rotatable bonds is 9. The molecule has 33 heavy (non-hydrogen) atoms. The average Bonchev–Trinajstić information content (AvgIpc) is 2.70. The number of carbonyl (C=O) groups excluding carboxylic acids is 1. The van der Waals surface area contributed by atoms with Crippen LogP contribution in [-0.4, -0.2) is 60.5 Å². The maximum absolute atomic E-state index is 13.0. The molecular weight excluding hydrogens is 454 g/mol. The van der Waals surface area contributed by atoms with Crippen LogP contribution in [0.3, 0.4) is 0 Å². The number of hydrogen-bond donors (Lipinski definition) is 3. The van der Waals surface area contributed by atoms with E-state index in [4.69, 9.17) is 0 Å². The Labute approximate surface area is 188 Å². The number of halogens is 6. The summed E-state index contributed by atoms with van der Waals surface area (Å²) in [5, 5.41) is 13.2. The van der Waals surface area contributed by atoms with E-state index in [0.717, 1.165) is 31.1 Å². The molecule has 1 amide bonds. The topological polar surface area (TPSA) is 67.8 Å². The van der Waals surface area contributed by atoms with Crippen molar-refractivity contribution < 1.29 is 36.3 Å². The van der Waals surface area contributed by atoms with Crippen molar-refractivity contribution in [3.05, 3.63) is 34.9 Å². The van der Waals surface area contributed by atoms with E-state index < -0.39 is 35.0 Å². The minimum Gasteiger partial charge on any atom is -0.352 e. The standard InChI is InChI=1S/C21H30F6N4O2/c1-14(2)13-31(33)29-5-8-30-6-3-15(4-7-30)12-28-19(32)16-9-17(20(22,23)24)11-18(10-16)21(25,26)27/h9-11,14-15,29,33H,3-8,12-13H2,1-2H3,(H,28,32). The molecule has 0 bridgehead atoms. The van der Waals surface area contributed by atoms with Crippen LogP contribution in [0, 0.1) is 11.8 Å². The Morgan fingerprint density at radius 2 is 1.64 bits per heavy atom. The van der Waals surface area contributed by atoms with Crippen LogP contribution in [0.4, 0.5) is 26.3 Å². The molecule has 0 aliphatic carbocycles. The third-order valence-electron chi connectivity index (χ3n) is 5.37. The van der Waals surface area contributed by atoms with Crippen molar-refractivity contribution in [1.29, 1.82) is 0 Å². The van der Waals surface area contributed by atoms with Crippen LogP contribution in [-0.2, 0) is 12.4 Å². The maximum atomic E-state index is 13.0. The number of likely N-dealkylation sites (tertiary alicyclic amines) is 1. The number of alkyl halides is 6. The molecule has 0 unspecified atom stereocenters. The fraction of sp³-hybridized carbons (Fsp3) is 0.667. The van der Waals surface area contributed by atoms with Gasteiger partial charge in [-0.2, -0.15) is 26.3 Å². The highest BCUT2D eigenvalue weighted by atomic mass is 19.4. The zero-order valence-corrected chi connectivity index (χ0v) is 18.6. The molecule has 1 aliphatic rings. The number of amides is 1. The Kier molecular flexibility index (Phi) is 9.53. The summed E-state index contributed by atoms with van der Waals surface area (Å²) in [5.74, 6) is -0.586. The average molecular weight is 484 g/mol. The smallest absolute Gasteiger partial charge is 0.352 e. The predicted molar refractivity (Wildman–Crippen MR) is 109 cm³/mol. The number of carbonyl (C=O) groups is 1. The van der Waals surface area contributed by atoms with E-state index >= 15 is 0 Å². The normalized spacial score (nSPS) is 16.6. The first-order valence-corrected chi connectivity index (χ1v) is 10.8. The van der Waals surface area contributed by atoms with Crippen molar-refractivity contribution in [2.45, 2.75) is 39.0 Å². The number of benzene rings is 1. The summed E-state index contributed by atoms with van der Waals surface area (Å²) in [4.78, 5) is 14.5. The Morgan fingerprint density at radius 1 is 1.09 bits per heavy atom. The van der Waals surface area contributed by atoms with E-state index in [1.54, 1.807) is 0 Å². The molecule has 0 saturated carbocycles. The first-order valence-electron chi connectivity index (χ1n) is 10.8. The molecule has 1 aliphatic heterocycles. The third kappa shape index (κ3) is 9.11. The molecule has 1 aromatic carbocycles. The summed E-state index contributed by atoms with van der Waals surface area (Å²) in [6.45, 7) is 7.37. The van der Waals surface area contributed by atoms with E-state index in [1.807, 2.05) is 13.8 Å². The largest absolute Gasteiger partial charge is 0.416 e. The summed E-state index contributed by atoms with van der Waals surface area (Å²) in [6.07, 6.45) is -8.54. The lowest BCUT2D eigenvalue weighted by Crippen LogP contribution is -2.45. The van der Waals surface area contributed by atoms with Gasteiger partial charge in [-0.15, -0.1) is 5.17 Å². The van der Waals surface area contributed by atoms with Gasteiger partial charge in [-0.1, -0.05) is 13.8 Å². The summed E-state index contributed by atoms with van der Waals surface area (Å²) in [6, 6.07) is 0.869. The van der Waals surface area contributed by atoms with Crippen molar-refractivity contribution in [3.8, 4) is 0 Å². The van der Waals surface area contributed by atoms with Gasteiger partial charge in [0, 0.05) is 31.7 Å². The highest BCUT2D eigenvalue weighted by Crippen LogP contribution is 2.36. The number of nitrogens with one attached hydrogen (secondary N) is 2. The zero-order valence-electron chi connectivity index (χ0n) is 18.6. The Hall–Kier alpha value is -1.89. The molecule has 6 nitrogen and oxygen atoms in total. The quantitative estimate of drug-likeness (QED) is 0.365. The lowest BCUT2D eigenvalue weighted by Gasteiger charge is -2.32. The number of hydrogen-bond acceptors (Lipinski definition) is 5. The van der Waals surface area contributed by atoms with Crippen LogP contribution in [0.5, 0.6) is 0 Å². The maximum Gasteiger partial charge on any atom is 0.416 e. The number of hydroxylamine groups is 1. The lowest BCUT2D eigenvalue weighted by molar-refractivity contribution is -0.144. The minimum absolute atomic E-state index is 0.000203. The van der Waals surface area contributed by atoms with Gasteiger partial charge >= 0.3 is 12.4 Å². The molecule has 0 aromatic heterocycles. The Balaban J connectivity index is 1.84. The SMILES string of the molecule is CC(C)CN(O)NCCN1CCC(CNC(=O)c2cc(C(F)(F)F)cc(C(F)(F)F)c2)CC1. The van der Waals surface area contributed by atoms with E-state index in [2.05, 4.69) is 15.6 Å². The molecule has 2 rings (SSSR count). The molecule has 12 heteroatoms. The summed E-state index contributed by atoms with van der Waals surface area (Å²) in [5.41, 5.74) is -0.809. The van der Waals surface area contributed by atoms with Gasteiger partial charge in [0.1, 0.15) is 0 Å². The van der Waals surface area contributed by atoms with Gasteiger partial charge in [0.05, 0.1) is 11.1 Å². The van der Waals surface area contributed by atoms with Gasteiger partial charge in [-0.3, -0.25) is 10.0 Å². The van der Waals surface area contributed by atoms with Gasteiger partial charge in [-0.05, 0) is 56.0 Å². The second-order valence-electron chi connectivity index (χ2n) is 8.67. The van der Waals surface area contributed by atoms with E-state index in [0.29, 0.717) is 37.7 Å². The molecule has 0 spiro atoms. The molecule has 1 heterocycles. The number of nitrogens with zero attached hydrogens (tertiary/aromatic N) is 2. The second-order valence-corrected chi connectivity index (χ2v) is 8.67. The van der Waals surface area contributed by atoms with Crippen molar-refractivity contribution in [2.75, 3.05) is 39.3 Å². The van der Waals surface area contributed by atoms with Crippen molar-refractivity contribution in [2.24, 2.45) is 11.8 Å². The summed E-state index contributed by atoms with van der Waals surface area (Å²) >= 11 is 0. The molecule has 1 saturated heterocycles. The zero-order chi connectivity index (χ0) is 24.8. The highest BCUT2D eigenvalue weighted by molar-refractivity contribution is 5.94. The van der Waals surface area contributed by atoms with Crippen LogP contribution in [0.15, 0.2) is 18.2 Å². The Morgan fingerprint density at radius 3 is 2.12 bits per heavy atom. The van der Waals surface area contributed by atoms with E-state index in [9.17, 15) is 36.3 Å². The van der Waals surface area contributed by atoms with Crippen molar-refractivity contribution in [1.82, 2.24) is 20.8 Å². The first-order chi connectivity index (χ1) is 15.3. The number of hydrazine groups is 1. The highest BCUT2D eigenvalue weighted by Gasteiger charge is 2.37. The molecule has 1 fully saturated rings. The molecule has 3 N–H and O–H groups in total. The van der Waals surface area contributed by atoms with E-state index in [-0.39, 0.29) is 18.5 Å².